The summed E-state index contributed by atoms with van der Waals surface area (Å²) >= 11 is 0. The quantitative estimate of drug-likeness (QED) is 0.854. The topological polar surface area (TPSA) is 80.9 Å². The van der Waals surface area contributed by atoms with Crippen LogP contribution in [0.1, 0.15) is 12.2 Å². The molecule has 0 aliphatic heterocycles. The molecule has 17 heavy (non-hydrogen) atoms. The maximum atomic E-state index is 10.6. The van der Waals surface area contributed by atoms with E-state index >= 15 is 0 Å². The molecule has 2 heterocycles. The molecular weight excluding hydrogens is 220 g/mol. The number of aryl methyl sites for hydroxylation is 1. The van der Waals surface area contributed by atoms with Gasteiger partial charge in [0.2, 0.25) is 0 Å². The Balaban J connectivity index is 2.32. The number of carboxylic acids is 1. The van der Waals surface area contributed by atoms with Crippen LogP contribution in [0.4, 0.5) is 0 Å². The molecule has 0 aromatic carbocycles. The monoisotopic (exact) mass is 232 g/mol. The summed E-state index contributed by atoms with van der Waals surface area (Å²) in [5, 5.41) is 16.7. The zero-order valence-electron chi connectivity index (χ0n) is 9.37. The van der Waals surface area contributed by atoms with E-state index in [1.165, 1.54) is 0 Å². The number of nitrogens with zero attached hydrogens (tertiary/aromatic N) is 4. The van der Waals surface area contributed by atoms with Gasteiger partial charge in [0.1, 0.15) is 11.5 Å². The van der Waals surface area contributed by atoms with Gasteiger partial charge in [-0.3, -0.25) is 9.78 Å². The van der Waals surface area contributed by atoms with Crippen molar-refractivity contribution in [3.63, 3.8) is 0 Å². The average Bonchev–Trinajstić information content (AvgIpc) is 2.69. The zero-order valence-corrected chi connectivity index (χ0v) is 9.37. The summed E-state index contributed by atoms with van der Waals surface area (Å²) in [4.78, 5) is 14.8. The van der Waals surface area contributed by atoms with Crippen LogP contribution in [0.2, 0.25) is 0 Å². The summed E-state index contributed by atoms with van der Waals surface area (Å²) in [5.74, 6) is 0.446. The Morgan fingerprint density at radius 1 is 1.41 bits per heavy atom. The van der Waals surface area contributed by atoms with E-state index in [1.54, 1.807) is 17.7 Å². The number of aliphatic carboxylic acids is 1. The predicted molar refractivity (Wildman–Crippen MR) is 60.2 cm³/mol. The summed E-state index contributed by atoms with van der Waals surface area (Å²) in [6.45, 7) is 2.14. The first-order chi connectivity index (χ1) is 8.18. The molecule has 1 N–H and O–H groups in total. The Kier molecular flexibility index (Phi) is 3.13. The van der Waals surface area contributed by atoms with Crippen molar-refractivity contribution in [1.82, 2.24) is 19.7 Å². The third kappa shape index (κ3) is 2.47. The van der Waals surface area contributed by atoms with Crippen molar-refractivity contribution < 1.29 is 9.90 Å². The first-order valence-electron chi connectivity index (χ1n) is 5.21. The number of pyridine rings is 1. The van der Waals surface area contributed by atoms with Gasteiger partial charge >= 0.3 is 5.97 Å². The molecule has 6 nitrogen and oxygen atoms in total. The maximum absolute atomic E-state index is 10.6. The van der Waals surface area contributed by atoms with E-state index in [2.05, 4.69) is 15.2 Å². The van der Waals surface area contributed by atoms with Crippen LogP contribution in [0, 0.1) is 6.92 Å². The Morgan fingerprint density at radius 3 is 2.88 bits per heavy atom. The number of hydrogen-bond donors (Lipinski definition) is 1. The second-order valence-electron chi connectivity index (χ2n) is 3.58. The van der Waals surface area contributed by atoms with Crippen molar-refractivity contribution in [2.75, 3.05) is 0 Å². The third-order valence-corrected chi connectivity index (χ3v) is 2.38. The lowest BCUT2D eigenvalue weighted by Gasteiger charge is -2.05. The van der Waals surface area contributed by atoms with E-state index in [0.717, 1.165) is 0 Å². The summed E-state index contributed by atoms with van der Waals surface area (Å²) in [5.41, 5.74) is 0.693. The zero-order chi connectivity index (χ0) is 12.3. The van der Waals surface area contributed by atoms with Gasteiger partial charge in [-0.1, -0.05) is 6.07 Å². The molecule has 0 radical (unpaired) electrons. The standard InChI is InChI=1S/C11H12N4O2/c1-8-13-14-11(9-4-2-3-6-12-9)15(8)7-5-10(16)17/h2-4,6H,5,7H2,1H3,(H,16,17). The van der Waals surface area contributed by atoms with Crippen molar-refractivity contribution in [3.8, 4) is 11.5 Å². The second-order valence-corrected chi connectivity index (χ2v) is 3.58. The van der Waals surface area contributed by atoms with Crippen LogP contribution in [0.15, 0.2) is 24.4 Å². The number of aromatic nitrogens is 4. The van der Waals surface area contributed by atoms with Crippen LogP contribution in [0.5, 0.6) is 0 Å². The van der Waals surface area contributed by atoms with Crippen molar-refractivity contribution in [2.24, 2.45) is 0 Å². The Morgan fingerprint density at radius 2 is 2.24 bits per heavy atom. The molecule has 0 saturated heterocycles. The Hall–Kier alpha value is -2.24. The van der Waals surface area contributed by atoms with E-state index in [-0.39, 0.29) is 6.42 Å². The molecule has 2 rings (SSSR count). The van der Waals surface area contributed by atoms with Crippen LogP contribution in [0.25, 0.3) is 11.5 Å². The number of carbonyl (C=O) groups is 1. The lowest BCUT2D eigenvalue weighted by atomic mass is 10.3. The van der Waals surface area contributed by atoms with Crippen LogP contribution >= 0.6 is 0 Å². The Bertz CT molecular complexity index is 522. The van der Waals surface area contributed by atoms with Crippen LogP contribution < -0.4 is 0 Å². The molecule has 2 aromatic rings. The van der Waals surface area contributed by atoms with Crippen LogP contribution in [0.3, 0.4) is 0 Å². The normalized spacial score (nSPS) is 10.4. The van der Waals surface area contributed by atoms with Gasteiger partial charge < -0.3 is 9.67 Å². The van der Waals surface area contributed by atoms with Gasteiger partial charge in [-0.15, -0.1) is 10.2 Å². The van der Waals surface area contributed by atoms with Gasteiger partial charge in [0.25, 0.3) is 0 Å². The molecule has 88 valence electrons. The van der Waals surface area contributed by atoms with Crippen molar-refractivity contribution in [2.45, 2.75) is 19.9 Å². The van der Waals surface area contributed by atoms with Gasteiger partial charge in [0.05, 0.1) is 6.42 Å². The van der Waals surface area contributed by atoms with Gasteiger partial charge in [-0.25, -0.2) is 0 Å². The lowest BCUT2D eigenvalue weighted by Crippen LogP contribution is -2.08. The molecule has 0 bridgehead atoms. The summed E-state index contributed by atoms with van der Waals surface area (Å²) in [6, 6.07) is 5.49. The molecule has 0 amide bonds. The van der Waals surface area contributed by atoms with Crippen molar-refractivity contribution in [3.05, 3.63) is 30.2 Å². The minimum absolute atomic E-state index is 0.0404. The molecule has 0 aliphatic rings. The highest BCUT2D eigenvalue weighted by Gasteiger charge is 2.12. The Labute approximate surface area is 98.0 Å². The summed E-state index contributed by atoms with van der Waals surface area (Å²) < 4.78 is 1.76. The van der Waals surface area contributed by atoms with Gasteiger partial charge in [-0.2, -0.15) is 0 Å². The predicted octanol–water partition coefficient (Wildman–Crippen LogP) is 1.12. The average molecular weight is 232 g/mol. The molecule has 0 atom stereocenters. The lowest BCUT2D eigenvalue weighted by molar-refractivity contribution is -0.137. The molecule has 0 fully saturated rings. The number of carboxylic acid groups (broad SMARTS) is 1. The van der Waals surface area contributed by atoms with Gasteiger partial charge in [0.15, 0.2) is 5.82 Å². The van der Waals surface area contributed by atoms with E-state index in [4.69, 9.17) is 5.11 Å². The highest BCUT2D eigenvalue weighted by Crippen LogP contribution is 2.15. The molecule has 0 aliphatic carbocycles. The fraction of sp³-hybridized carbons (Fsp3) is 0.273. The smallest absolute Gasteiger partial charge is 0.305 e. The SMILES string of the molecule is Cc1nnc(-c2ccccn2)n1CCC(=O)O. The number of hydrogen-bond acceptors (Lipinski definition) is 4. The van der Waals surface area contributed by atoms with Gasteiger partial charge in [0, 0.05) is 12.7 Å². The minimum Gasteiger partial charge on any atom is -0.481 e. The highest BCUT2D eigenvalue weighted by atomic mass is 16.4. The molecular formula is C11H12N4O2. The van der Waals surface area contributed by atoms with E-state index in [0.29, 0.717) is 23.9 Å². The van der Waals surface area contributed by atoms with Gasteiger partial charge in [-0.05, 0) is 19.1 Å². The first kappa shape index (κ1) is 11.3. The third-order valence-electron chi connectivity index (χ3n) is 2.38. The van der Waals surface area contributed by atoms with Crippen molar-refractivity contribution >= 4 is 5.97 Å². The van der Waals surface area contributed by atoms with E-state index in [9.17, 15) is 4.79 Å². The molecule has 0 unspecified atom stereocenters. The molecule has 6 heteroatoms. The number of rotatable bonds is 4. The van der Waals surface area contributed by atoms with Crippen LogP contribution in [-0.4, -0.2) is 30.8 Å². The van der Waals surface area contributed by atoms with Crippen LogP contribution in [-0.2, 0) is 11.3 Å². The maximum Gasteiger partial charge on any atom is 0.305 e. The fourth-order valence-corrected chi connectivity index (χ4v) is 1.54. The van der Waals surface area contributed by atoms with E-state index < -0.39 is 5.97 Å². The van der Waals surface area contributed by atoms with E-state index in [1.807, 2.05) is 18.2 Å². The minimum atomic E-state index is -0.843. The summed E-state index contributed by atoms with van der Waals surface area (Å²) in [7, 11) is 0. The largest absolute Gasteiger partial charge is 0.481 e. The van der Waals surface area contributed by atoms with Crippen molar-refractivity contribution in [1.29, 1.82) is 0 Å². The first-order valence-corrected chi connectivity index (χ1v) is 5.21. The molecule has 2 aromatic heterocycles. The molecule has 0 saturated carbocycles. The molecule has 0 spiro atoms. The second kappa shape index (κ2) is 4.73. The fourth-order valence-electron chi connectivity index (χ4n) is 1.54. The summed E-state index contributed by atoms with van der Waals surface area (Å²) in [6.07, 6.45) is 1.71. The highest BCUT2D eigenvalue weighted by molar-refractivity contribution is 5.66.